The Bertz CT molecular complexity index is 1030. The number of halogens is 2. The Morgan fingerprint density at radius 3 is 2.82 bits per heavy atom. The lowest BCUT2D eigenvalue weighted by atomic mass is 10.1. The third-order valence-corrected chi connectivity index (χ3v) is 4.49. The minimum absolute atomic E-state index is 0.697. The second kappa shape index (κ2) is 5.13. The van der Waals surface area contributed by atoms with Gasteiger partial charge >= 0.3 is 0 Å². The Hall–Kier alpha value is -1.80. The van der Waals surface area contributed by atoms with Crippen LogP contribution in [0.15, 0.2) is 36.8 Å². The van der Waals surface area contributed by atoms with Crippen molar-refractivity contribution in [3.63, 3.8) is 0 Å². The van der Waals surface area contributed by atoms with Crippen LogP contribution in [0.25, 0.3) is 27.9 Å². The first-order valence-electron chi connectivity index (χ1n) is 6.55. The number of hydrogen-bond acceptors (Lipinski definition) is 4. The highest BCUT2D eigenvalue weighted by Gasteiger charge is 2.14. The summed E-state index contributed by atoms with van der Waals surface area (Å²) in [5.41, 5.74) is 4.92. The zero-order valence-electron chi connectivity index (χ0n) is 11.5. The fourth-order valence-corrected chi connectivity index (χ4v) is 3.47. The normalized spacial score (nSPS) is 11.4. The number of fused-ring (bicyclic) bond motifs is 3. The molecule has 0 atom stereocenters. The van der Waals surface area contributed by atoms with E-state index in [0.717, 1.165) is 31.6 Å². The summed E-state index contributed by atoms with van der Waals surface area (Å²) in [7, 11) is 0. The van der Waals surface area contributed by atoms with E-state index in [1.807, 2.05) is 35.6 Å². The summed E-state index contributed by atoms with van der Waals surface area (Å²) in [6, 6.07) is 7.90. The van der Waals surface area contributed by atoms with E-state index in [1.54, 1.807) is 12.5 Å². The molecule has 0 N–H and O–H groups in total. The number of pyridine rings is 1. The van der Waals surface area contributed by atoms with Crippen LogP contribution >= 0.6 is 34.2 Å². The molecule has 5 nitrogen and oxygen atoms in total. The van der Waals surface area contributed by atoms with Gasteiger partial charge in [0.25, 0.3) is 0 Å². The number of rotatable bonds is 1. The molecule has 3 heterocycles. The molecule has 0 spiro atoms. The van der Waals surface area contributed by atoms with Crippen molar-refractivity contribution in [2.75, 3.05) is 0 Å². The molecule has 7 heteroatoms. The second-order valence-corrected chi connectivity index (χ2v) is 6.53. The van der Waals surface area contributed by atoms with Crippen LogP contribution in [0.3, 0.4) is 0 Å². The van der Waals surface area contributed by atoms with E-state index in [2.05, 4.69) is 42.8 Å². The standard InChI is InChI=1S/C15H9ClIN5/c1-8-14-21-19-7-22(14)15-13(20-8)11(4-5-18-15)10-3-2-9(17)6-12(10)16/h2-7H,1H3. The summed E-state index contributed by atoms with van der Waals surface area (Å²) in [6.45, 7) is 1.91. The summed E-state index contributed by atoms with van der Waals surface area (Å²) in [6.07, 6.45) is 3.40. The first-order valence-corrected chi connectivity index (χ1v) is 8.01. The van der Waals surface area contributed by atoms with Gasteiger partial charge in [0.15, 0.2) is 11.3 Å². The van der Waals surface area contributed by atoms with Crippen LogP contribution in [0, 0.1) is 10.5 Å². The predicted octanol–water partition coefficient (Wildman–Crippen LogP) is 3.91. The van der Waals surface area contributed by atoms with E-state index in [1.165, 1.54) is 0 Å². The van der Waals surface area contributed by atoms with Crippen molar-refractivity contribution >= 4 is 51.0 Å². The summed E-state index contributed by atoms with van der Waals surface area (Å²) in [5.74, 6) is 0. The van der Waals surface area contributed by atoms with E-state index in [9.17, 15) is 0 Å². The molecule has 0 unspecified atom stereocenters. The lowest BCUT2D eigenvalue weighted by Gasteiger charge is -2.09. The van der Waals surface area contributed by atoms with Gasteiger partial charge in [-0.25, -0.2) is 9.97 Å². The minimum Gasteiger partial charge on any atom is -0.262 e. The number of nitrogens with zero attached hydrogens (tertiary/aromatic N) is 5. The van der Waals surface area contributed by atoms with Crippen molar-refractivity contribution in [3.05, 3.63) is 51.1 Å². The lowest BCUT2D eigenvalue weighted by molar-refractivity contribution is 1.10. The maximum atomic E-state index is 6.42. The highest BCUT2D eigenvalue weighted by atomic mass is 127. The van der Waals surface area contributed by atoms with Gasteiger partial charge in [0.1, 0.15) is 11.8 Å². The molecular formula is C15H9ClIN5. The smallest absolute Gasteiger partial charge is 0.183 e. The fourth-order valence-electron chi connectivity index (χ4n) is 2.51. The van der Waals surface area contributed by atoms with Crippen LogP contribution in [-0.4, -0.2) is 24.6 Å². The molecular weight excluding hydrogens is 413 g/mol. The third-order valence-electron chi connectivity index (χ3n) is 3.51. The summed E-state index contributed by atoms with van der Waals surface area (Å²) < 4.78 is 2.94. The van der Waals surface area contributed by atoms with Crippen molar-refractivity contribution in [2.24, 2.45) is 0 Å². The first-order chi connectivity index (χ1) is 10.6. The fraction of sp³-hybridized carbons (Fsp3) is 0.0667. The van der Waals surface area contributed by atoms with Crippen LogP contribution in [0.5, 0.6) is 0 Å². The van der Waals surface area contributed by atoms with Gasteiger partial charge in [-0.3, -0.25) is 4.40 Å². The van der Waals surface area contributed by atoms with Crippen molar-refractivity contribution in [3.8, 4) is 11.1 Å². The van der Waals surface area contributed by atoms with Gasteiger partial charge in [-0.1, -0.05) is 17.7 Å². The average molecular weight is 422 g/mol. The number of hydrogen-bond donors (Lipinski definition) is 0. The zero-order valence-corrected chi connectivity index (χ0v) is 14.4. The van der Waals surface area contributed by atoms with E-state index >= 15 is 0 Å². The third kappa shape index (κ3) is 2.05. The molecule has 4 rings (SSSR count). The number of aromatic nitrogens is 5. The first kappa shape index (κ1) is 13.8. The molecule has 4 aromatic rings. The number of aryl methyl sites for hydroxylation is 1. The monoisotopic (exact) mass is 421 g/mol. The SMILES string of the molecule is Cc1nc2c(-c3ccc(I)cc3Cl)ccnc2n2cnnc12. The molecule has 0 saturated heterocycles. The van der Waals surface area contributed by atoms with Gasteiger partial charge in [-0.2, -0.15) is 0 Å². The molecule has 0 aliphatic heterocycles. The van der Waals surface area contributed by atoms with E-state index in [-0.39, 0.29) is 0 Å². The molecule has 0 radical (unpaired) electrons. The Morgan fingerprint density at radius 1 is 1.14 bits per heavy atom. The van der Waals surface area contributed by atoms with Gasteiger partial charge in [-0.15, -0.1) is 10.2 Å². The van der Waals surface area contributed by atoms with Crippen molar-refractivity contribution in [1.29, 1.82) is 0 Å². The summed E-state index contributed by atoms with van der Waals surface area (Å²) in [4.78, 5) is 9.10. The van der Waals surface area contributed by atoms with Crippen LogP contribution < -0.4 is 0 Å². The van der Waals surface area contributed by atoms with Crippen molar-refractivity contribution < 1.29 is 0 Å². The Balaban J connectivity index is 2.12. The highest BCUT2D eigenvalue weighted by molar-refractivity contribution is 14.1. The number of benzene rings is 1. The molecule has 1 aromatic carbocycles. The van der Waals surface area contributed by atoms with Crippen LogP contribution in [0.4, 0.5) is 0 Å². The van der Waals surface area contributed by atoms with Gasteiger partial charge in [0.2, 0.25) is 0 Å². The molecule has 0 fully saturated rings. The van der Waals surface area contributed by atoms with E-state index < -0.39 is 0 Å². The average Bonchev–Trinajstić information content (AvgIpc) is 2.98. The summed E-state index contributed by atoms with van der Waals surface area (Å²) in [5, 5.41) is 8.73. The molecule has 0 aliphatic carbocycles. The topological polar surface area (TPSA) is 56.0 Å². The molecule has 0 aliphatic rings. The van der Waals surface area contributed by atoms with Gasteiger partial charge in [0.05, 0.1) is 5.69 Å². The van der Waals surface area contributed by atoms with E-state index in [0.29, 0.717) is 10.7 Å². The molecule has 3 aromatic heterocycles. The quantitative estimate of drug-likeness (QED) is 0.437. The summed E-state index contributed by atoms with van der Waals surface area (Å²) >= 11 is 8.66. The van der Waals surface area contributed by atoms with Crippen LogP contribution in [0.2, 0.25) is 5.02 Å². The maximum absolute atomic E-state index is 6.42. The minimum atomic E-state index is 0.697. The Kier molecular flexibility index (Phi) is 3.23. The zero-order chi connectivity index (χ0) is 15.3. The largest absolute Gasteiger partial charge is 0.262 e. The van der Waals surface area contributed by atoms with E-state index in [4.69, 9.17) is 11.6 Å². The van der Waals surface area contributed by atoms with Gasteiger partial charge < -0.3 is 0 Å². The molecule has 0 saturated carbocycles. The van der Waals surface area contributed by atoms with Crippen molar-refractivity contribution in [1.82, 2.24) is 24.6 Å². The second-order valence-electron chi connectivity index (χ2n) is 4.88. The molecule has 22 heavy (non-hydrogen) atoms. The highest BCUT2D eigenvalue weighted by Crippen LogP contribution is 2.33. The maximum Gasteiger partial charge on any atom is 0.183 e. The molecule has 108 valence electrons. The van der Waals surface area contributed by atoms with Crippen molar-refractivity contribution in [2.45, 2.75) is 6.92 Å². The predicted molar refractivity (Wildman–Crippen MR) is 94.0 cm³/mol. The lowest BCUT2D eigenvalue weighted by Crippen LogP contribution is -1.98. The van der Waals surface area contributed by atoms with Crippen LogP contribution in [-0.2, 0) is 0 Å². The molecule has 0 amide bonds. The van der Waals surface area contributed by atoms with Gasteiger partial charge in [-0.05, 0) is 47.7 Å². The molecule has 0 bridgehead atoms. The van der Waals surface area contributed by atoms with Crippen LogP contribution in [0.1, 0.15) is 5.69 Å². The Labute approximate surface area is 144 Å². The Morgan fingerprint density at radius 2 is 2.00 bits per heavy atom. The van der Waals surface area contributed by atoms with Gasteiger partial charge in [0, 0.05) is 25.9 Å².